The van der Waals surface area contributed by atoms with Crippen LogP contribution < -0.4 is 15.5 Å². The Hall–Kier alpha value is -4.09. The number of halogens is 3. The number of aliphatic imine (C=N–C) groups is 2. The van der Waals surface area contributed by atoms with Gasteiger partial charge in [0.25, 0.3) is 0 Å². The van der Waals surface area contributed by atoms with E-state index in [0.717, 1.165) is 37.2 Å². The van der Waals surface area contributed by atoms with E-state index in [-0.39, 0.29) is 37.0 Å². The molecule has 1 heterocycles. The molecule has 0 atom stereocenters. The molecular weight excluding hydrogens is 575 g/mol. The van der Waals surface area contributed by atoms with Crippen molar-refractivity contribution in [2.24, 2.45) is 9.98 Å². The molecule has 2 N–H and O–H groups in total. The summed E-state index contributed by atoms with van der Waals surface area (Å²) in [6.07, 6.45) is -4.13. The summed E-state index contributed by atoms with van der Waals surface area (Å²) in [4.78, 5) is 34.4. The molecular formula is C32H42F3N5O4. The van der Waals surface area contributed by atoms with Crippen molar-refractivity contribution in [3.05, 3.63) is 59.7 Å². The molecule has 1 fully saturated rings. The number of guanidine groups is 1. The van der Waals surface area contributed by atoms with Gasteiger partial charge >= 0.3 is 18.2 Å². The second kappa shape index (κ2) is 15.6. The molecule has 0 bridgehead atoms. The van der Waals surface area contributed by atoms with Crippen LogP contribution in [0.3, 0.4) is 0 Å². The third kappa shape index (κ3) is 11.9. The van der Waals surface area contributed by atoms with Crippen LogP contribution in [-0.2, 0) is 27.1 Å². The van der Waals surface area contributed by atoms with Gasteiger partial charge in [-0.1, -0.05) is 24.3 Å². The highest BCUT2D eigenvalue weighted by atomic mass is 19.4. The molecule has 3 rings (SSSR count). The Kier molecular flexibility index (Phi) is 12.2. The van der Waals surface area contributed by atoms with Crippen LogP contribution in [-0.4, -0.2) is 68.8 Å². The number of alkyl carbamates (subject to hydrolysis) is 1. The highest BCUT2D eigenvalue weighted by Gasteiger charge is 2.30. The van der Waals surface area contributed by atoms with Crippen molar-refractivity contribution in [1.82, 2.24) is 5.32 Å². The number of aryl methyl sites for hydroxylation is 1. The van der Waals surface area contributed by atoms with Crippen LogP contribution in [0.2, 0.25) is 0 Å². The van der Waals surface area contributed by atoms with Crippen molar-refractivity contribution >= 4 is 35.1 Å². The molecule has 240 valence electrons. The summed E-state index contributed by atoms with van der Waals surface area (Å²) in [6.45, 7) is 6.99. The highest BCUT2D eigenvalue weighted by molar-refractivity contribution is 6.03. The van der Waals surface area contributed by atoms with Crippen LogP contribution in [0, 0.1) is 0 Å². The average Bonchev–Trinajstić information content (AvgIpc) is 2.95. The quantitative estimate of drug-likeness (QED) is 0.194. The zero-order chi connectivity index (χ0) is 32.3. The van der Waals surface area contributed by atoms with E-state index in [1.807, 2.05) is 45.0 Å². The van der Waals surface area contributed by atoms with Crippen LogP contribution in [0.5, 0.6) is 0 Å². The first kappa shape index (κ1) is 34.4. The predicted molar refractivity (Wildman–Crippen MR) is 167 cm³/mol. The average molecular weight is 618 g/mol. The van der Waals surface area contributed by atoms with E-state index in [9.17, 15) is 22.8 Å². The van der Waals surface area contributed by atoms with E-state index in [1.165, 1.54) is 14.2 Å². The Morgan fingerprint density at radius 1 is 1.00 bits per heavy atom. The number of amides is 1. The molecule has 2 aromatic rings. The fraction of sp³-hybridized carbons (Fsp3) is 0.500. The lowest BCUT2D eigenvalue weighted by atomic mass is 9.98. The molecule has 0 aliphatic carbocycles. The van der Waals surface area contributed by atoms with Gasteiger partial charge in [0, 0.05) is 43.3 Å². The minimum atomic E-state index is -4.44. The minimum Gasteiger partial charge on any atom is -0.469 e. The molecule has 0 spiro atoms. The topological polar surface area (TPSA) is 105 Å². The number of methoxy groups -OCH3 is 1. The first-order valence-electron chi connectivity index (χ1n) is 14.6. The van der Waals surface area contributed by atoms with Gasteiger partial charge in [0.05, 0.1) is 20.0 Å². The molecule has 44 heavy (non-hydrogen) atoms. The lowest BCUT2D eigenvalue weighted by molar-refractivity contribution is -0.139. The third-order valence-electron chi connectivity index (χ3n) is 6.95. The lowest BCUT2D eigenvalue weighted by Gasteiger charge is -2.34. The number of hydrogen-bond acceptors (Lipinski definition) is 6. The first-order valence-corrected chi connectivity index (χ1v) is 14.6. The molecule has 1 aliphatic rings. The van der Waals surface area contributed by atoms with E-state index >= 15 is 0 Å². The normalized spacial score (nSPS) is 15.1. The lowest BCUT2D eigenvalue weighted by Crippen LogP contribution is -2.46. The summed E-state index contributed by atoms with van der Waals surface area (Å²) in [5, 5.41) is 5.95. The number of piperidine rings is 1. The van der Waals surface area contributed by atoms with Crippen molar-refractivity contribution in [2.75, 3.05) is 37.5 Å². The van der Waals surface area contributed by atoms with Crippen LogP contribution in [0.25, 0.3) is 0 Å². The number of hydrogen-bond donors (Lipinski definition) is 2. The summed E-state index contributed by atoms with van der Waals surface area (Å²) in [5.74, 6) is -0.356. The van der Waals surface area contributed by atoms with Crippen LogP contribution in [0.1, 0.15) is 57.6 Å². The molecule has 0 aromatic heterocycles. The zero-order valence-electron chi connectivity index (χ0n) is 26.0. The fourth-order valence-electron chi connectivity index (χ4n) is 4.82. The van der Waals surface area contributed by atoms with E-state index in [1.54, 1.807) is 24.3 Å². The number of carbonyl (C=O) groups excluding carboxylic acids is 2. The van der Waals surface area contributed by atoms with E-state index < -0.39 is 30.3 Å². The standard InChI is InChI=1S/C32H42F3N5O4/c1-31(2,3)44-30(42)39-25-16-18-40(19-17-25)27-14-12-24(13-15-27)37-29(36-4)38-26(21-32(33,34)35)11-10-22-8-6-7-9-23(22)20-28(41)43-5/h6-9,12-15,25H,10-11,16-21H2,1-5H3,(H,36,37)(H,39,42). The van der Waals surface area contributed by atoms with Crippen molar-refractivity contribution in [2.45, 2.75) is 77.1 Å². The minimum absolute atomic E-state index is 0.0375. The highest BCUT2D eigenvalue weighted by Crippen LogP contribution is 2.25. The van der Waals surface area contributed by atoms with Gasteiger partial charge in [-0.05, 0) is 81.8 Å². The molecule has 0 radical (unpaired) electrons. The summed E-state index contributed by atoms with van der Waals surface area (Å²) in [7, 11) is 2.76. The van der Waals surface area contributed by atoms with Crippen molar-refractivity contribution in [3.63, 3.8) is 0 Å². The molecule has 9 nitrogen and oxygen atoms in total. The van der Waals surface area contributed by atoms with E-state index in [2.05, 4.69) is 25.5 Å². The molecule has 1 saturated heterocycles. The van der Waals surface area contributed by atoms with Crippen molar-refractivity contribution in [1.29, 1.82) is 0 Å². The number of anilines is 2. The van der Waals surface area contributed by atoms with Crippen molar-refractivity contribution < 1.29 is 32.2 Å². The molecule has 2 aromatic carbocycles. The van der Waals surface area contributed by atoms with Gasteiger partial charge in [-0.25, -0.2) is 9.79 Å². The maximum Gasteiger partial charge on any atom is 0.407 e. The maximum absolute atomic E-state index is 13.4. The van der Waals surface area contributed by atoms with E-state index in [4.69, 9.17) is 9.47 Å². The third-order valence-corrected chi connectivity index (χ3v) is 6.95. The van der Waals surface area contributed by atoms with Gasteiger partial charge in [-0.15, -0.1) is 0 Å². The summed E-state index contributed by atoms with van der Waals surface area (Å²) in [5.41, 5.74) is 2.47. The molecule has 12 heteroatoms. The summed E-state index contributed by atoms with van der Waals surface area (Å²) in [6, 6.07) is 14.7. The maximum atomic E-state index is 13.4. The Labute approximate surface area is 256 Å². The number of benzene rings is 2. The number of nitrogens with zero attached hydrogens (tertiary/aromatic N) is 3. The molecule has 1 amide bonds. The second-order valence-corrected chi connectivity index (χ2v) is 11.6. The van der Waals surface area contributed by atoms with Crippen LogP contribution >= 0.6 is 0 Å². The van der Waals surface area contributed by atoms with Crippen molar-refractivity contribution in [3.8, 4) is 0 Å². The summed E-state index contributed by atoms with van der Waals surface area (Å²) >= 11 is 0. The second-order valence-electron chi connectivity index (χ2n) is 11.6. The largest absolute Gasteiger partial charge is 0.469 e. The molecule has 0 saturated carbocycles. The van der Waals surface area contributed by atoms with Crippen LogP contribution in [0.15, 0.2) is 58.5 Å². The van der Waals surface area contributed by atoms with Gasteiger partial charge in [0.2, 0.25) is 5.96 Å². The Bertz CT molecular complexity index is 1310. The van der Waals surface area contributed by atoms with Gasteiger partial charge in [-0.2, -0.15) is 13.2 Å². The van der Waals surface area contributed by atoms with Gasteiger partial charge in [-0.3, -0.25) is 9.79 Å². The smallest absolute Gasteiger partial charge is 0.407 e. The monoisotopic (exact) mass is 617 g/mol. The number of alkyl halides is 3. The molecule has 1 aliphatic heterocycles. The van der Waals surface area contributed by atoms with Crippen LogP contribution in [0.4, 0.5) is 29.3 Å². The number of nitrogens with one attached hydrogen (secondary N) is 2. The molecule has 0 unspecified atom stereocenters. The summed E-state index contributed by atoms with van der Waals surface area (Å²) < 4.78 is 50.4. The SMILES string of the molecule is CN=C(N=C(CCc1ccccc1CC(=O)OC)CC(F)(F)F)Nc1ccc(N2CCC(NC(=O)OC(C)(C)C)CC2)cc1. The number of ether oxygens (including phenoxy) is 2. The zero-order valence-corrected chi connectivity index (χ0v) is 26.0. The Morgan fingerprint density at radius 2 is 1.64 bits per heavy atom. The number of rotatable bonds is 9. The fourth-order valence-corrected chi connectivity index (χ4v) is 4.82. The first-order chi connectivity index (χ1) is 20.7. The Morgan fingerprint density at radius 3 is 2.20 bits per heavy atom. The van der Waals surface area contributed by atoms with Gasteiger partial charge in [0.1, 0.15) is 5.60 Å². The Balaban J connectivity index is 1.62. The predicted octanol–water partition coefficient (Wildman–Crippen LogP) is 6.32. The van der Waals surface area contributed by atoms with E-state index in [0.29, 0.717) is 11.3 Å². The van der Waals surface area contributed by atoms with Gasteiger partial charge < -0.3 is 25.0 Å². The number of carbonyl (C=O) groups is 2. The van der Waals surface area contributed by atoms with Gasteiger partial charge in [0.15, 0.2) is 0 Å². The number of esters is 1.